The van der Waals surface area contributed by atoms with Gasteiger partial charge in [0, 0.05) is 18.8 Å². The second-order valence-corrected chi connectivity index (χ2v) is 2.75. The fourth-order valence-corrected chi connectivity index (χ4v) is 1.03. The van der Waals surface area contributed by atoms with Crippen molar-refractivity contribution in [1.82, 2.24) is 4.57 Å². The first kappa shape index (κ1) is 10.5. The molecule has 0 spiro atoms. The monoisotopic (exact) mass is 192 g/mol. The van der Waals surface area contributed by atoms with Crippen LogP contribution in [-0.2, 0) is 11.3 Å². The van der Waals surface area contributed by atoms with Crippen molar-refractivity contribution in [3.05, 3.63) is 34.7 Å². The van der Waals surface area contributed by atoms with Crippen LogP contribution >= 0.6 is 0 Å². The highest BCUT2D eigenvalue weighted by atomic mass is 16.5. The number of hydrogen-bond donors (Lipinski definition) is 0. The molecule has 4 nitrogen and oxygen atoms in total. The molecule has 14 heavy (non-hydrogen) atoms. The molecular weight excluding hydrogens is 180 g/mol. The van der Waals surface area contributed by atoms with E-state index in [1.165, 1.54) is 6.07 Å². The molecule has 0 N–H and O–H groups in total. The molecule has 0 radical (unpaired) electrons. The maximum atomic E-state index is 11.2. The average Bonchev–Trinajstić information content (AvgIpc) is 2.20. The van der Waals surface area contributed by atoms with Crippen LogP contribution in [0.2, 0.25) is 0 Å². The Hall–Kier alpha value is -1.60. The van der Waals surface area contributed by atoms with E-state index in [-0.39, 0.29) is 5.56 Å². The van der Waals surface area contributed by atoms with E-state index >= 15 is 0 Å². The highest BCUT2D eigenvalue weighted by molar-refractivity contribution is 4.92. The van der Waals surface area contributed by atoms with Gasteiger partial charge >= 0.3 is 0 Å². The summed E-state index contributed by atoms with van der Waals surface area (Å²) in [5.74, 6) is 0. The van der Waals surface area contributed by atoms with Gasteiger partial charge in [-0.15, -0.1) is 0 Å². The van der Waals surface area contributed by atoms with Gasteiger partial charge in [0.05, 0.1) is 25.7 Å². The summed E-state index contributed by atoms with van der Waals surface area (Å²) < 4.78 is 6.73. The summed E-state index contributed by atoms with van der Waals surface area (Å²) in [7, 11) is 0. The Morgan fingerprint density at radius 3 is 3.00 bits per heavy atom. The van der Waals surface area contributed by atoms with Crippen molar-refractivity contribution in [2.75, 3.05) is 13.2 Å². The van der Waals surface area contributed by atoms with Gasteiger partial charge in [-0.2, -0.15) is 5.26 Å². The Kier molecular flexibility index (Phi) is 4.45. The van der Waals surface area contributed by atoms with Gasteiger partial charge in [0.25, 0.3) is 5.56 Å². The third-order valence-corrected chi connectivity index (χ3v) is 1.73. The highest BCUT2D eigenvalue weighted by Crippen LogP contribution is 1.85. The Bertz CT molecular complexity index is 365. The molecule has 0 amide bonds. The largest absolute Gasteiger partial charge is 0.379 e. The molecule has 0 fully saturated rings. The summed E-state index contributed by atoms with van der Waals surface area (Å²) in [6.45, 7) is 1.43. The molecule has 0 aromatic carbocycles. The first-order chi connectivity index (χ1) is 6.84. The van der Waals surface area contributed by atoms with Crippen LogP contribution in [0.5, 0.6) is 0 Å². The van der Waals surface area contributed by atoms with Crippen molar-refractivity contribution in [3.63, 3.8) is 0 Å². The minimum absolute atomic E-state index is 0.0311. The van der Waals surface area contributed by atoms with E-state index in [2.05, 4.69) is 0 Å². The molecule has 0 aliphatic rings. The third-order valence-electron chi connectivity index (χ3n) is 1.73. The van der Waals surface area contributed by atoms with Gasteiger partial charge in [-0.3, -0.25) is 4.79 Å². The van der Waals surface area contributed by atoms with E-state index in [4.69, 9.17) is 10.00 Å². The molecule has 1 aromatic rings. The van der Waals surface area contributed by atoms with Crippen LogP contribution in [0.15, 0.2) is 29.2 Å². The Balaban J connectivity index is 2.29. The van der Waals surface area contributed by atoms with Gasteiger partial charge in [0.15, 0.2) is 0 Å². The first-order valence-corrected chi connectivity index (χ1v) is 4.45. The zero-order chi connectivity index (χ0) is 10.2. The first-order valence-electron chi connectivity index (χ1n) is 4.45. The van der Waals surface area contributed by atoms with E-state index in [1.54, 1.807) is 22.9 Å². The molecule has 74 valence electrons. The Morgan fingerprint density at radius 1 is 1.43 bits per heavy atom. The molecule has 4 heteroatoms. The summed E-state index contributed by atoms with van der Waals surface area (Å²) >= 11 is 0. The number of hydrogen-bond acceptors (Lipinski definition) is 3. The lowest BCUT2D eigenvalue weighted by atomic mass is 10.4. The predicted molar refractivity (Wildman–Crippen MR) is 51.8 cm³/mol. The lowest BCUT2D eigenvalue weighted by molar-refractivity contribution is 0.131. The number of aromatic nitrogens is 1. The molecule has 1 aromatic heterocycles. The minimum Gasteiger partial charge on any atom is -0.379 e. The van der Waals surface area contributed by atoms with E-state index in [0.29, 0.717) is 26.2 Å². The van der Waals surface area contributed by atoms with Gasteiger partial charge in [0.1, 0.15) is 0 Å². The molecule has 0 saturated heterocycles. The van der Waals surface area contributed by atoms with Crippen LogP contribution in [0.3, 0.4) is 0 Å². The Labute approximate surface area is 82.4 Å². The average molecular weight is 192 g/mol. The van der Waals surface area contributed by atoms with Crippen molar-refractivity contribution in [2.24, 2.45) is 0 Å². The molecule has 0 aliphatic heterocycles. The fraction of sp³-hybridized carbons (Fsp3) is 0.400. The van der Waals surface area contributed by atoms with Crippen LogP contribution in [-0.4, -0.2) is 17.8 Å². The van der Waals surface area contributed by atoms with E-state index < -0.39 is 0 Å². The number of ether oxygens (including phenoxy) is 1. The zero-order valence-corrected chi connectivity index (χ0v) is 7.85. The van der Waals surface area contributed by atoms with Crippen LogP contribution in [0.25, 0.3) is 0 Å². The minimum atomic E-state index is -0.0311. The van der Waals surface area contributed by atoms with E-state index in [1.807, 2.05) is 6.07 Å². The highest BCUT2D eigenvalue weighted by Gasteiger charge is 1.93. The predicted octanol–water partition coefficient (Wildman–Crippen LogP) is 0.779. The molecule has 0 unspecified atom stereocenters. The summed E-state index contributed by atoms with van der Waals surface area (Å²) in [4.78, 5) is 11.2. The van der Waals surface area contributed by atoms with Gasteiger partial charge in [-0.05, 0) is 6.07 Å². The van der Waals surface area contributed by atoms with Crippen molar-refractivity contribution >= 4 is 0 Å². The fourth-order valence-electron chi connectivity index (χ4n) is 1.03. The van der Waals surface area contributed by atoms with Crippen molar-refractivity contribution in [2.45, 2.75) is 13.0 Å². The van der Waals surface area contributed by atoms with Gasteiger partial charge in [0.2, 0.25) is 0 Å². The zero-order valence-electron chi connectivity index (χ0n) is 7.85. The number of nitriles is 1. The standard InChI is InChI=1S/C10H12N2O2/c11-5-3-8-14-9-7-12-6-2-1-4-10(12)13/h1-2,4,6H,3,7-9H2. The molecule has 1 heterocycles. The third kappa shape index (κ3) is 3.42. The van der Waals surface area contributed by atoms with Crippen LogP contribution < -0.4 is 5.56 Å². The number of rotatable bonds is 5. The quantitative estimate of drug-likeness (QED) is 0.648. The van der Waals surface area contributed by atoms with Gasteiger partial charge in [-0.1, -0.05) is 6.07 Å². The molecule has 0 aliphatic carbocycles. The molecular formula is C10H12N2O2. The van der Waals surface area contributed by atoms with Crippen LogP contribution in [0.1, 0.15) is 6.42 Å². The van der Waals surface area contributed by atoms with Crippen LogP contribution in [0.4, 0.5) is 0 Å². The second-order valence-electron chi connectivity index (χ2n) is 2.75. The van der Waals surface area contributed by atoms with Gasteiger partial charge < -0.3 is 9.30 Å². The van der Waals surface area contributed by atoms with E-state index in [0.717, 1.165) is 0 Å². The summed E-state index contributed by atoms with van der Waals surface area (Å²) in [6.07, 6.45) is 2.11. The topological polar surface area (TPSA) is 55.0 Å². The maximum Gasteiger partial charge on any atom is 0.250 e. The lowest BCUT2D eigenvalue weighted by Gasteiger charge is -2.04. The van der Waals surface area contributed by atoms with E-state index in [9.17, 15) is 4.79 Å². The molecule has 0 saturated carbocycles. The van der Waals surface area contributed by atoms with Crippen molar-refractivity contribution in [1.29, 1.82) is 5.26 Å². The molecule has 0 bridgehead atoms. The lowest BCUT2D eigenvalue weighted by Crippen LogP contribution is -2.20. The van der Waals surface area contributed by atoms with Crippen molar-refractivity contribution < 1.29 is 4.74 Å². The maximum absolute atomic E-state index is 11.2. The van der Waals surface area contributed by atoms with Gasteiger partial charge in [-0.25, -0.2) is 0 Å². The SMILES string of the molecule is N#CCCOCCn1ccccc1=O. The normalized spacial score (nSPS) is 9.64. The van der Waals surface area contributed by atoms with Crippen molar-refractivity contribution in [3.8, 4) is 6.07 Å². The molecule has 0 atom stereocenters. The smallest absolute Gasteiger partial charge is 0.250 e. The summed E-state index contributed by atoms with van der Waals surface area (Å²) in [5, 5.41) is 8.24. The molecule has 1 rings (SSSR count). The summed E-state index contributed by atoms with van der Waals surface area (Å²) in [5.41, 5.74) is -0.0311. The van der Waals surface area contributed by atoms with Crippen LogP contribution in [0, 0.1) is 11.3 Å². The number of pyridine rings is 1. The number of nitrogens with zero attached hydrogens (tertiary/aromatic N) is 2. The summed E-state index contributed by atoms with van der Waals surface area (Å²) in [6, 6.07) is 7.00. The Morgan fingerprint density at radius 2 is 2.29 bits per heavy atom. The second kappa shape index (κ2) is 5.95.